The average Bonchev–Trinajstić information content (AvgIpc) is 2.67. The lowest BCUT2D eigenvalue weighted by Crippen LogP contribution is -2.47. The van der Waals surface area contributed by atoms with Crippen LogP contribution in [-0.2, 0) is 9.47 Å². The number of methoxy groups -OCH3 is 1. The summed E-state index contributed by atoms with van der Waals surface area (Å²) in [5, 5.41) is 3.68. The van der Waals surface area contributed by atoms with E-state index < -0.39 is 0 Å². The summed E-state index contributed by atoms with van der Waals surface area (Å²) in [4.78, 5) is 2.47. The first-order valence-electron chi connectivity index (χ1n) is 6.82. The number of likely N-dealkylation sites (N-methyl/N-ethyl adjacent to an activating group) is 1. The number of nitrogens with one attached hydrogen (secondary N) is 1. The Labute approximate surface area is 117 Å². The molecular formula is C13H27ClN2O2. The second kappa shape index (κ2) is 8.33. The number of fused-ring (bicyclic) bond motifs is 2. The molecule has 2 fully saturated rings. The molecule has 18 heavy (non-hydrogen) atoms. The van der Waals surface area contributed by atoms with Gasteiger partial charge in [-0.05, 0) is 32.7 Å². The molecule has 2 heterocycles. The molecule has 0 aromatic rings. The molecule has 1 N–H and O–H groups in total. The number of hydrogen-bond donors (Lipinski definition) is 1. The molecule has 0 aromatic carbocycles. The molecule has 4 nitrogen and oxygen atoms in total. The van der Waals surface area contributed by atoms with Gasteiger partial charge in [-0.3, -0.25) is 0 Å². The molecule has 2 saturated heterocycles. The second-order valence-corrected chi connectivity index (χ2v) is 5.35. The Hall–Kier alpha value is 0.130. The summed E-state index contributed by atoms with van der Waals surface area (Å²) in [7, 11) is 3.94. The number of halogens is 1. The van der Waals surface area contributed by atoms with Crippen LogP contribution in [0.4, 0.5) is 0 Å². The van der Waals surface area contributed by atoms with Gasteiger partial charge in [-0.1, -0.05) is 0 Å². The molecule has 0 spiro atoms. The minimum Gasteiger partial charge on any atom is -0.382 e. The Kier molecular flexibility index (Phi) is 7.49. The van der Waals surface area contributed by atoms with E-state index in [1.54, 1.807) is 7.11 Å². The van der Waals surface area contributed by atoms with Crippen molar-refractivity contribution in [2.75, 3.05) is 40.5 Å². The fourth-order valence-corrected chi connectivity index (χ4v) is 3.02. The van der Waals surface area contributed by atoms with Gasteiger partial charge in [0.25, 0.3) is 0 Å². The van der Waals surface area contributed by atoms with Gasteiger partial charge in [0.05, 0.1) is 19.8 Å². The number of rotatable bonds is 7. The minimum atomic E-state index is 0. The van der Waals surface area contributed by atoms with Crippen molar-refractivity contribution >= 4 is 12.4 Å². The lowest BCUT2D eigenvalue weighted by molar-refractivity contribution is 0.0501. The van der Waals surface area contributed by atoms with Gasteiger partial charge in [0.1, 0.15) is 0 Å². The molecule has 2 unspecified atom stereocenters. The van der Waals surface area contributed by atoms with Gasteiger partial charge in [0.2, 0.25) is 0 Å². The highest BCUT2D eigenvalue weighted by atomic mass is 35.5. The highest BCUT2D eigenvalue weighted by Gasteiger charge is 2.34. The van der Waals surface area contributed by atoms with Crippen LogP contribution >= 0.6 is 12.4 Å². The van der Waals surface area contributed by atoms with Crippen molar-refractivity contribution in [3.05, 3.63) is 0 Å². The molecule has 0 amide bonds. The van der Waals surface area contributed by atoms with Crippen molar-refractivity contribution < 1.29 is 9.47 Å². The summed E-state index contributed by atoms with van der Waals surface area (Å²) in [6.07, 6.45) is 5.37. The summed E-state index contributed by atoms with van der Waals surface area (Å²) in [6, 6.07) is 2.30. The van der Waals surface area contributed by atoms with Gasteiger partial charge >= 0.3 is 0 Å². The number of piperidine rings is 1. The Morgan fingerprint density at radius 2 is 1.78 bits per heavy atom. The van der Waals surface area contributed by atoms with Crippen LogP contribution in [-0.4, -0.2) is 63.5 Å². The van der Waals surface area contributed by atoms with Crippen molar-refractivity contribution in [2.45, 2.75) is 43.8 Å². The predicted molar refractivity (Wildman–Crippen MR) is 75.5 cm³/mol. The standard InChI is InChI=1S/C13H26N2O2.ClH/c1-15(5-6-17-8-7-16-2)13-9-11-3-4-12(10-13)14-11;/h11-14H,3-10H2,1-2H3;1H. The summed E-state index contributed by atoms with van der Waals surface area (Å²) in [6.45, 7) is 3.26. The zero-order valence-corrected chi connectivity index (χ0v) is 12.4. The third kappa shape index (κ3) is 4.67. The highest BCUT2D eigenvalue weighted by Crippen LogP contribution is 2.28. The molecule has 0 aliphatic carbocycles. The second-order valence-electron chi connectivity index (χ2n) is 5.35. The van der Waals surface area contributed by atoms with E-state index in [0.717, 1.165) is 31.3 Å². The van der Waals surface area contributed by atoms with E-state index in [1.807, 2.05) is 0 Å². The zero-order valence-electron chi connectivity index (χ0n) is 11.6. The highest BCUT2D eigenvalue weighted by molar-refractivity contribution is 5.85. The Morgan fingerprint density at radius 1 is 1.11 bits per heavy atom. The van der Waals surface area contributed by atoms with Crippen molar-refractivity contribution in [2.24, 2.45) is 0 Å². The lowest BCUT2D eigenvalue weighted by Gasteiger charge is -2.35. The molecule has 2 aliphatic rings. The number of nitrogens with zero attached hydrogens (tertiary/aromatic N) is 1. The van der Waals surface area contributed by atoms with Crippen LogP contribution in [0.2, 0.25) is 0 Å². The third-order valence-electron chi connectivity index (χ3n) is 4.09. The van der Waals surface area contributed by atoms with Gasteiger partial charge in [0.15, 0.2) is 0 Å². The molecule has 0 saturated carbocycles. The summed E-state index contributed by atoms with van der Waals surface area (Å²) in [5.74, 6) is 0. The number of hydrogen-bond acceptors (Lipinski definition) is 4. The zero-order chi connectivity index (χ0) is 12.1. The maximum absolute atomic E-state index is 5.52. The van der Waals surface area contributed by atoms with E-state index in [-0.39, 0.29) is 12.4 Å². The SMILES string of the molecule is COCCOCCN(C)C1CC2CCC(C1)N2.Cl. The van der Waals surface area contributed by atoms with Crippen molar-refractivity contribution in [3.63, 3.8) is 0 Å². The van der Waals surface area contributed by atoms with Crippen LogP contribution in [0.3, 0.4) is 0 Å². The van der Waals surface area contributed by atoms with E-state index in [0.29, 0.717) is 13.2 Å². The van der Waals surface area contributed by atoms with E-state index >= 15 is 0 Å². The first kappa shape index (κ1) is 16.2. The van der Waals surface area contributed by atoms with Gasteiger partial charge in [0, 0.05) is 31.8 Å². The van der Waals surface area contributed by atoms with Crippen LogP contribution in [0.1, 0.15) is 25.7 Å². The average molecular weight is 279 g/mol. The Bertz CT molecular complexity index is 219. The lowest BCUT2D eigenvalue weighted by atomic mass is 9.99. The summed E-state index contributed by atoms with van der Waals surface area (Å²) < 4.78 is 10.5. The fraction of sp³-hybridized carbons (Fsp3) is 1.00. The van der Waals surface area contributed by atoms with Crippen LogP contribution in [0.25, 0.3) is 0 Å². The molecule has 2 rings (SSSR count). The molecule has 0 radical (unpaired) electrons. The molecule has 5 heteroatoms. The van der Waals surface area contributed by atoms with Crippen LogP contribution in [0.5, 0.6) is 0 Å². The van der Waals surface area contributed by atoms with E-state index in [9.17, 15) is 0 Å². The third-order valence-corrected chi connectivity index (χ3v) is 4.09. The van der Waals surface area contributed by atoms with Crippen LogP contribution < -0.4 is 5.32 Å². The molecule has 0 aromatic heterocycles. The molecule has 2 atom stereocenters. The monoisotopic (exact) mass is 278 g/mol. The molecule has 2 aliphatic heterocycles. The van der Waals surface area contributed by atoms with Gasteiger partial charge < -0.3 is 19.7 Å². The normalized spacial score (nSPS) is 30.5. The van der Waals surface area contributed by atoms with Crippen molar-refractivity contribution in [1.29, 1.82) is 0 Å². The smallest absolute Gasteiger partial charge is 0.0700 e. The first-order valence-corrected chi connectivity index (χ1v) is 6.82. The quantitative estimate of drug-likeness (QED) is 0.712. The maximum atomic E-state index is 5.52. The Morgan fingerprint density at radius 3 is 2.39 bits per heavy atom. The van der Waals surface area contributed by atoms with Crippen molar-refractivity contribution in [1.82, 2.24) is 10.2 Å². The van der Waals surface area contributed by atoms with Crippen LogP contribution in [0.15, 0.2) is 0 Å². The van der Waals surface area contributed by atoms with E-state index in [1.165, 1.54) is 25.7 Å². The van der Waals surface area contributed by atoms with Gasteiger partial charge in [-0.25, -0.2) is 0 Å². The summed E-state index contributed by atoms with van der Waals surface area (Å²) in [5.41, 5.74) is 0. The summed E-state index contributed by atoms with van der Waals surface area (Å²) >= 11 is 0. The number of ether oxygens (including phenoxy) is 2. The topological polar surface area (TPSA) is 33.7 Å². The molecule has 2 bridgehead atoms. The first-order chi connectivity index (χ1) is 8.29. The van der Waals surface area contributed by atoms with E-state index in [2.05, 4.69) is 17.3 Å². The van der Waals surface area contributed by atoms with Crippen LogP contribution in [0, 0.1) is 0 Å². The molecular weight excluding hydrogens is 252 g/mol. The maximum Gasteiger partial charge on any atom is 0.0700 e. The fourth-order valence-electron chi connectivity index (χ4n) is 3.02. The Balaban J connectivity index is 0.00000162. The van der Waals surface area contributed by atoms with Crippen molar-refractivity contribution in [3.8, 4) is 0 Å². The van der Waals surface area contributed by atoms with Gasteiger partial charge in [-0.15, -0.1) is 12.4 Å². The predicted octanol–water partition coefficient (Wildman–Crippen LogP) is 1.29. The van der Waals surface area contributed by atoms with Gasteiger partial charge in [-0.2, -0.15) is 0 Å². The van der Waals surface area contributed by atoms with E-state index in [4.69, 9.17) is 9.47 Å². The largest absolute Gasteiger partial charge is 0.382 e. The molecule has 108 valence electrons. The minimum absolute atomic E-state index is 0.